The van der Waals surface area contributed by atoms with Crippen molar-refractivity contribution in [2.75, 3.05) is 6.61 Å². The maximum Gasteiger partial charge on any atom is 0.338 e. The van der Waals surface area contributed by atoms with Crippen LogP contribution < -0.4 is 0 Å². The first-order valence-electron chi connectivity index (χ1n) is 5.10. The number of hydrogen-bond acceptors (Lipinski definition) is 2. The van der Waals surface area contributed by atoms with Crippen LogP contribution >= 0.6 is 0 Å². The highest BCUT2D eigenvalue weighted by Gasteiger charge is 2.17. The van der Waals surface area contributed by atoms with Gasteiger partial charge in [0, 0.05) is 0 Å². The predicted octanol–water partition coefficient (Wildman–Crippen LogP) is 1.98. The molecule has 0 aliphatic heterocycles. The molecule has 0 saturated heterocycles. The lowest BCUT2D eigenvalue weighted by Crippen LogP contribution is -2.22. The predicted molar refractivity (Wildman–Crippen MR) is 55.9 cm³/mol. The molecule has 0 aliphatic carbocycles. The van der Waals surface area contributed by atoms with Gasteiger partial charge in [0.05, 0.1) is 6.61 Å². The zero-order valence-corrected chi connectivity index (χ0v) is 8.81. The van der Waals surface area contributed by atoms with Crippen molar-refractivity contribution in [2.45, 2.75) is 25.9 Å². The maximum absolute atomic E-state index is 11.3. The Balaban J connectivity index is 2.34. The molecule has 1 aromatic rings. The van der Waals surface area contributed by atoms with Crippen LogP contribution in [0.1, 0.15) is 18.9 Å². The van der Waals surface area contributed by atoms with Crippen LogP contribution in [0.25, 0.3) is 0 Å². The van der Waals surface area contributed by atoms with Gasteiger partial charge in [-0.1, -0.05) is 30.3 Å². The largest absolute Gasteiger partial charge is 0.464 e. The molecule has 1 atom stereocenters. The summed E-state index contributed by atoms with van der Waals surface area (Å²) in [5, 5.41) is 11.3. The van der Waals surface area contributed by atoms with Gasteiger partial charge in [-0.2, -0.15) is 0 Å². The lowest BCUT2D eigenvalue weighted by molar-refractivity contribution is -0.157. The Kier molecular flexibility index (Phi) is 4.84. The summed E-state index contributed by atoms with van der Waals surface area (Å²) < 4.78 is 4.64. The molecule has 0 bridgehead atoms. The fourth-order valence-electron chi connectivity index (χ4n) is 1.30. The third kappa shape index (κ3) is 4.13. The average molecular weight is 207 g/mol. The summed E-state index contributed by atoms with van der Waals surface area (Å²) in [7, 11) is 0. The monoisotopic (exact) mass is 207 g/mol. The van der Waals surface area contributed by atoms with Crippen LogP contribution in [-0.4, -0.2) is 18.7 Å². The van der Waals surface area contributed by atoms with Crippen LogP contribution in [-0.2, 0) is 21.1 Å². The Hall–Kier alpha value is -1.35. The van der Waals surface area contributed by atoms with E-state index in [-0.39, 0.29) is 6.61 Å². The van der Waals surface area contributed by atoms with Gasteiger partial charge in [-0.25, -0.2) is 9.90 Å². The van der Waals surface area contributed by atoms with E-state index in [0.29, 0.717) is 12.8 Å². The van der Waals surface area contributed by atoms with Crippen molar-refractivity contribution in [1.82, 2.24) is 0 Å². The van der Waals surface area contributed by atoms with Crippen molar-refractivity contribution in [3.63, 3.8) is 0 Å². The molecular weight excluding hydrogens is 192 g/mol. The second kappa shape index (κ2) is 6.19. The smallest absolute Gasteiger partial charge is 0.338 e. The van der Waals surface area contributed by atoms with E-state index in [0.717, 1.165) is 5.56 Å². The molecule has 0 amide bonds. The molecule has 3 heteroatoms. The molecule has 0 fully saturated rings. The summed E-state index contributed by atoms with van der Waals surface area (Å²) in [6, 6.07) is 9.64. The number of benzene rings is 1. The maximum atomic E-state index is 11.3. The molecule has 15 heavy (non-hydrogen) atoms. The molecule has 0 N–H and O–H groups in total. The lowest BCUT2D eigenvalue weighted by atomic mass is 10.1. The summed E-state index contributed by atoms with van der Waals surface area (Å²) >= 11 is 0. The molecule has 3 nitrogen and oxygen atoms in total. The number of carbonyl (C=O) groups is 1. The average Bonchev–Trinajstić information content (AvgIpc) is 2.27. The van der Waals surface area contributed by atoms with Gasteiger partial charge in [0.25, 0.3) is 0 Å². The number of esters is 1. The van der Waals surface area contributed by atoms with Crippen LogP contribution in [0.5, 0.6) is 0 Å². The van der Waals surface area contributed by atoms with Crippen molar-refractivity contribution in [2.24, 2.45) is 0 Å². The number of rotatable bonds is 5. The Bertz CT molecular complexity index is 295. The van der Waals surface area contributed by atoms with Crippen molar-refractivity contribution in [1.29, 1.82) is 0 Å². The second-order valence-corrected chi connectivity index (χ2v) is 3.26. The van der Waals surface area contributed by atoms with Crippen LogP contribution in [0.15, 0.2) is 30.3 Å². The highest BCUT2D eigenvalue weighted by molar-refractivity contribution is 5.74. The highest BCUT2D eigenvalue weighted by Crippen LogP contribution is 2.06. The van der Waals surface area contributed by atoms with E-state index in [2.05, 4.69) is 4.74 Å². The Morgan fingerprint density at radius 2 is 2.00 bits per heavy atom. The molecule has 1 rings (SSSR count). The fourth-order valence-corrected chi connectivity index (χ4v) is 1.30. The van der Waals surface area contributed by atoms with Crippen LogP contribution in [0, 0.1) is 0 Å². The number of hydrogen-bond donors (Lipinski definition) is 0. The van der Waals surface area contributed by atoms with Crippen molar-refractivity contribution >= 4 is 5.97 Å². The zero-order chi connectivity index (χ0) is 11.1. The van der Waals surface area contributed by atoms with Crippen molar-refractivity contribution < 1.29 is 14.6 Å². The van der Waals surface area contributed by atoms with Crippen LogP contribution in [0.2, 0.25) is 0 Å². The lowest BCUT2D eigenvalue weighted by Gasteiger charge is -2.07. The minimum absolute atomic E-state index is 0.267. The number of carbonyl (C=O) groups excluding carboxylic acids is 1. The van der Waals surface area contributed by atoms with Gasteiger partial charge in [0.1, 0.15) is 0 Å². The van der Waals surface area contributed by atoms with Gasteiger partial charge in [-0.05, 0) is 25.3 Å². The zero-order valence-electron chi connectivity index (χ0n) is 8.81. The van der Waals surface area contributed by atoms with E-state index >= 15 is 0 Å². The van der Waals surface area contributed by atoms with Gasteiger partial charge in [0.15, 0.2) is 6.10 Å². The first kappa shape index (κ1) is 11.7. The summed E-state index contributed by atoms with van der Waals surface area (Å²) in [6.07, 6.45) is -0.346. The molecule has 1 unspecified atom stereocenters. The molecule has 0 aromatic heterocycles. The SMILES string of the molecule is CCOC(=O)C([O])CCc1ccccc1. The summed E-state index contributed by atoms with van der Waals surface area (Å²) in [6.45, 7) is 1.96. The molecule has 1 aromatic carbocycles. The first-order chi connectivity index (χ1) is 7.24. The van der Waals surface area contributed by atoms with Gasteiger partial charge in [-0.15, -0.1) is 0 Å². The van der Waals surface area contributed by atoms with Gasteiger partial charge < -0.3 is 4.74 Å². The van der Waals surface area contributed by atoms with E-state index in [4.69, 9.17) is 0 Å². The molecule has 0 saturated carbocycles. The summed E-state index contributed by atoms with van der Waals surface area (Å²) in [5.74, 6) is -0.645. The first-order valence-corrected chi connectivity index (χ1v) is 5.10. The van der Waals surface area contributed by atoms with Gasteiger partial charge >= 0.3 is 5.97 Å². The molecule has 0 heterocycles. The topological polar surface area (TPSA) is 46.2 Å². The van der Waals surface area contributed by atoms with Crippen LogP contribution in [0.4, 0.5) is 0 Å². The van der Waals surface area contributed by atoms with E-state index in [9.17, 15) is 9.90 Å². The fraction of sp³-hybridized carbons (Fsp3) is 0.417. The Labute approximate surface area is 89.7 Å². The standard InChI is InChI=1S/C12H15O3/c1-2-15-12(14)11(13)9-8-10-6-4-3-5-7-10/h3-7,11H,2,8-9H2,1H3. The van der Waals surface area contributed by atoms with E-state index in [1.54, 1.807) is 6.92 Å². The molecular formula is C12H15O3. The second-order valence-electron chi connectivity index (χ2n) is 3.26. The summed E-state index contributed by atoms with van der Waals surface area (Å²) in [5.41, 5.74) is 1.07. The Morgan fingerprint density at radius 3 is 2.60 bits per heavy atom. The third-order valence-corrected chi connectivity index (χ3v) is 2.09. The van der Waals surface area contributed by atoms with Gasteiger partial charge in [-0.3, -0.25) is 0 Å². The van der Waals surface area contributed by atoms with E-state index in [1.807, 2.05) is 30.3 Å². The van der Waals surface area contributed by atoms with Crippen molar-refractivity contribution in [3.8, 4) is 0 Å². The quantitative estimate of drug-likeness (QED) is 0.693. The highest BCUT2D eigenvalue weighted by atomic mass is 16.5. The molecule has 0 spiro atoms. The minimum Gasteiger partial charge on any atom is -0.464 e. The molecule has 1 radical (unpaired) electrons. The molecule has 0 aliphatic rings. The molecule has 81 valence electrons. The van der Waals surface area contributed by atoms with Gasteiger partial charge in [0.2, 0.25) is 0 Å². The van der Waals surface area contributed by atoms with Crippen molar-refractivity contribution in [3.05, 3.63) is 35.9 Å². The Morgan fingerprint density at radius 1 is 1.33 bits per heavy atom. The van der Waals surface area contributed by atoms with Crippen LogP contribution in [0.3, 0.4) is 0 Å². The van der Waals surface area contributed by atoms with E-state index in [1.165, 1.54) is 0 Å². The normalized spacial score (nSPS) is 12.1. The minimum atomic E-state index is -1.26. The number of aryl methyl sites for hydroxylation is 1. The summed E-state index contributed by atoms with van der Waals surface area (Å²) in [4.78, 5) is 11.0. The number of ether oxygens (including phenoxy) is 1. The van der Waals surface area contributed by atoms with E-state index < -0.39 is 12.1 Å². The third-order valence-electron chi connectivity index (χ3n) is 2.09.